The third kappa shape index (κ3) is 40.8. The summed E-state index contributed by atoms with van der Waals surface area (Å²) >= 11 is 1.65. The lowest BCUT2D eigenvalue weighted by Crippen LogP contribution is -2.43. The first-order valence-electron chi connectivity index (χ1n) is 20.5. The van der Waals surface area contributed by atoms with Crippen molar-refractivity contribution in [3.05, 3.63) is 0 Å². The molecule has 0 aliphatic rings. The lowest BCUT2D eigenvalue weighted by molar-refractivity contribution is -0.122. The van der Waals surface area contributed by atoms with Crippen molar-refractivity contribution in [3.8, 4) is 0 Å². The number of hydrogen-bond acceptors (Lipinski definition) is 10. The van der Waals surface area contributed by atoms with Gasteiger partial charge in [0, 0.05) is 37.4 Å². The van der Waals surface area contributed by atoms with Gasteiger partial charge in [0.25, 0.3) is 0 Å². The molecular weight excluding hydrogens is 687 g/mol. The number of rotatable bonds is 42. The van der Waals surface area contributed by atoms with Gasteiger partial charge in [-0.3, -0.25) is 4.79 Å². The summed E-state index contributed by atoms with van der Waals surface area (Å²) in [6, 6.07) is -0.596. The Morgan fingerprint density at radius 3 is 1.59 bits per heavy atom. The van der Waals surface area contributed by atoms with Crippen LogP contribution in [0, 0.1) is 0 Å². The summed E-state index contributed by atoms with van der Waals surface area (Å²) in [7, 11) is -3.02. The smallest absolute Gasteiger partial charge is 0.237 e. The van der Waals surface area contributed by atoms with E-state index in [0.29, 0.717) is 51.9 Å². The molecule has 0 aromatic carbocycles. The zero-order chi connectivity index (χ0) is 37.5. The largest absolute Gasteiger partial charge is 0.379 e. The van der Waals surface area contributed by atoms with Crippen molar-refractivity contribution in [2.45, 2.75) is 154 Å². The highest BCUT2D eigenvalue weighted by molar-refractivity contribution is 7.99. The topological polar surface area (TPSA) is 142 Å². The molecule has 0 spiro atoms. The van der Waals surface area contributed by atoms with Crippen LogP contribution in [-0.4, -0.2) is 118 Å². The second kappa shape index (κ2) is 39.5. The van der Waals surface area contributed by atoms with E-state index in [1.807, 2.05) is 0 Å². The first-order valence-corrected chi connectivity index (χ1v) is 23.7. The van der Waals surface area contributed by atoms with Gasteiger partial charge in [-0.1, -0.05) is 136 Å². The SMILES string of the molecule is C=P(O)(O)CCOCCOCCOCCNC(=O)[C@@H](N)CSC[C@@H](COCCCCCCCCCCCC)OCCCCCCCCCCCC. The highest BCUT2D eigenvalue weighted by atomic mass is 32.2. The van der Waals surface area contributed by atoms with Crippen LogP contribution >= 0.6 is 19.1 Å². The highest BCUT2D eigenvalue weighted by Gasteiger charge is 2.16. The Hall–Kier alpha value is -0.200. The summed E-state index contributed by atoms with van der Waals surface area (Å²) in [5.74, 6) is 1.10. The zero-order valence-electron chi connectivity index (χ0n) is 33.0. The van der Waals surface area contributed by atoms with Crippen LogP contribution in [0.5, 0.6) is 0 Å². The van der Waals surface area contributed by atoms with Gasteiger partial charge in [-0.25, -0.2) is 0 Å². The molecule has 1 amide bonds. The van der Waals surface area contributed by atoms with Crippen LogP contribution in [0.3, 0.4) is 0 Å². The molecule has 306 valence electrons. The Labute approximate surface area is 317 Å². The summed E-state index contributed by atoms with van der Waals surface area (Å²) < 4.78 is 28.5. The van der Waals surface area contributed by atoms with Crippen LogP contribution in [0.25, 0.3) is 0 Å². The summed E-state index contributed by atoms with van der Waals surface area (Å²) in [6.45, 7) is 9.22. The number of nitrogens with one attached hydrogen (secondary N) is 1. The molecule has 0 rings (SSSR count). The number of amides is 1. The van der Waals surface area contributed by atoms with Crippen LogP contribution < -0.4 is 11.1 Å². The van der Waals surface area contributed by atoms with Gasteiger partial charge in [0.15, 0.2) is 0 Å². The van der Waals surface area contributed by atoms with Crippen LogP contribution in [0.1, 0.15) is 142 Å². The van der Waals surface area contributed by atoms with Gasteiger partial charge in [-0.15, -0.1) is 0 Å². The number of carbonyl (C=O) groups excluding carboxylic acids is 1. The number of thioether (sulfide) groups is 1. The Morgan fingerprint density at radius 2 is 1.08 bits per heavy atom. The number of unbranched alkanes of at least 4 members (excludes halogenated alkanes) is 18. The van der Waals surface area contributed by atoms with E-state index in [1.54, 1.807) is 11.8 Å². The second-order valence-electron chi connectivity index (χ2n) is 13.8. The third-order valence-corrected chi connectivity index (χ3v) is 10.7. The standard InChI is InChI=1S/C39H81N2O8PS/c1-4-6-8-10-12-14-16-18-20-22-25-48-34-37(49-26-23-21-19-17-15-13-11-9-7-5-2)35-51-36-38(40)39(42)41-24-27-45-28-29-46-30-31-47-32-33-50(3,43)44/h37-38,43-44H,3-36,40H2,1-2H3,(H,41,42)/t37-,38+/m1/s1. The molecule has 12 heteroatoms. The molecule has 0 bridgehead atoms. The van der Waals surface area contributed by atoms with Crippen LogP contribution in [0.2, 0.25) is 0 Å². The van der Waals surface area contributed by atoms with Gasteiger partial charge in [0.2, 0.25) is 5.91 Å². The van der Waals surface area contributed by atoms with Crippen molar-refractivity contribution in [2.24, 2.45) is 5.73 Å². The van der Waals surface area contributed by atoms with Crippen molar-refractivity contribution < 1.29 is 38.3 Å². The van der Waals surface area contributed by atoms with E-state index >= 15 is 0 Å². The Morgan fingerprint density at radius 1 is 0.627 bits per heavy atom. The van der Waals surface area contributed by atoms with Crippen LogP contribution in [-0.2, 0) is 28.5 Å². The van der Waals surface area contributed by atoms with Crippen LogP contribution in [0.15, 0.2) is 0 Å². The van der Waals surface area contributed by atoms with Gasteiger partial charge < -0.3 is 44.5 Å². The lowest BCUT2D eigenvalue weighted by Gasteiger charge is -2.19. The fourth-order valence-corrected chi connectivity index (χ4v) is 6.84. The van der Waals surface area contributed by atoms with E-state index < -0.39 is 13.4 Å². The molecule has 0 fully saturated rings. The highest BCUT2D eigenvalue weighted by Crippen LogP contribution is 2.32. The Kier molecular flexibility index (Phi) is 39.3. The molecule has 5 N–H and O–H groups in total. The van der Waals surface area contributed by atoms with Gasteiger partial charge in [-0.2, -0.15) is 11.8 Å². The number of nitrogens with two attached hydrogens (primary N) is 1. The van der Waals surface area contributed by atoms with Crippen molar-refractivity contribution in [2.75, 3.05) is 83.7 Å². The second-order valence-corrected chi connectivity index (χ2v) is 17.1. The van der Waals surface area contributed by atoms with Gasteiger partial charge in [0.1, 0.15) is 7.34 Å². The summed E-state index contributed by atoms with van der Waals surface area (Å²) in [4.78, 5) is 30.9. The van der Waals surface area contributed by atoms with Gasteiger partial charge in [0.05, 0.1) is 58.4 Å². The molecule has 0 radical (unpaired) electrons. The van der Waals surface area contributed by atoms with E-state index in [4.69, 9.17) is 29.4 Å². The van der Waals surface area contributed by atoms with Crippen molar-refractivity contribution in [3.63, 3.8) is 0 Å². The van der Waals surface area contributed by atoms with E-state index in [1.165, 1.54) is 116 Å². The minimum absolute atomic E-state index is 0.00430. The maximum absolute atomic E-state index is 12.5. The fourth-order valence-electron chi connectivity index (χ4n) is 5.42. The van der Waals surface area contributed by atoms with E-state index in [9.17, 15) is 14.6 Å². The van der Waals surface area contributed by atoms with Crippen molar-refractivity contribution in [1.29, 1.82) is 0 Å². The normalized spacial score (nSPS) is 13.1. The van der Waals surface area contributed by atoms with E-state index in [-0.39, 0.29) is 24.8 Å². The number of ether oxygens (including phenoxy) is 5. The minimum atomic E-state index is -3.02. The third-order valence-electron chi connectivity index (χ3n) is 8.62. The molecule has 0 aromatic heterocycles. The first-order chi connectivity index (χ1) is 24.8. The molecule has 0 aliphatic carbocycles. The van der Waals surface area contributed by atoms with E-state index in [0.717, 1.165) is 31.8 Å². The van der Waals surface area contributed by atoms with Crippen molar-refractivity contribution >= 4 is 31.3 Å². The molecule has 51 heavy (non-hydrogen) atoms. The van der Waals surface area contributed by atoms with E-state index in [2.05, 4.69) is 25.5 Å². The molecule has 0 saturated carbocycles. The predicted molar refractivity (Wildman–Crippen MR) is 218 cm³/mol. The van der Waals surface area contributed by atoms with Gasteiger partial charge >= 0.3 is 0 Å². The average Bonchev–Trinajstić information content (AvgIpc) is 3.10. The van der Waals surface area contributed by atoms with Crippen LogP contribution in [0.4, 0.5) is 0 Å². The Bertz CT molecular complexity index is 779. The maximum Gasteiger partial charge on any atom is 0.237 e. The molecule has 2 atom stereocenters. The van der Waals surface area contributed by atoms with Crippen molar-refractivity contribution in [1.82, 2.24) is 5.32 Å². The maximum atomic E-state index is 12.5. The molecule has 0 aromatic rings. The number of hydrogen-bond donors (Lipinski definition) is 4. The molecule has 10 nitrogen and oxygen atoms in total. The summed E-state index contributed by atoms with van der Waals surface area (Å²) in [5.41, 5.74) is 6.18. The van der Waals surface area contributed by atoms with Gasteiger partial charge in [-0.05, 0) is 12.8 Å². The monoisotopic (exact) mass is 769 g/mol. The molecule has 0 unspecified atom stereocenters. The molecule has 0 aliphatic heterocycles. The average molecular weight is 769 g/mol. The predicted octanol–water partition coefficient (Wildman–Crippen LogP) is 7.72. The molecular formula is C39H81N2O8PS. The number of carbonyl (C=O) groups is 1. The Balaban J connectivity index is 4.13. The molecule has 0 heterocycles. The minimum Gasteiger partial charge on any atom is -0.379 e. The molecule has 0 saturated heterocycles. The lowest BCUT2D eigenvalue weighted by atomic mass is 10.1. The quantitative estimate of drug-likeness (QED) is 0.0360. The zero-order valence-corrected chi connectivity index (χ0v) is 34.7. The summed E-state index contributed by atoms with van der Waals surface area (Å²) in [5, 5.41) is 2.85. The summed E-state index contributed by atoms with van der Waals surface area (Å²) in [6.07, 6.45) is 29.6. The first kappa shape index (κ1) is 50.8. The fraction of sp³-hybridized carbons (Fsp3) is 0.949.